The number of carbonyl (C=O) groups is 2. The number of carbonyl (C=O) groups excluding carboxylic acids is 2. The first-order valence-corrected chi connectivity index (χ1v) is 10.2. The number of amides is 2. The third kappa shape index (κ3) is 4.55. The molecule has 0 radical (unpaired) electrons. The van der Waals surface area contributed by atoms with Crippen LogP contribution in [-0.4, -0.2) is 37.6 Å². The summed E-state index contributed by atoms with van der Waals surface area (Å²) in [5, 5.41) is 0. The quantitative estimate of drug-likeness (QED) is 0.739. The maximum absolute atomic E-state index is 13.6. The average Bonchev–Trinajstić information content (AvgIpc) is 3.24. The molecule has 148 valence electrons. The van der Waals surface area contributed by atoms with E-state index < -0.39 is 27.7 Å². The third-order valence-corrected chi connectivity index (χ3v) is 6.32. The zero-order chi connectivity index (χ0) is 20.1. The normalized spacial score (nSPS) is 14.6. The molecule has 1 fully saturated rings. The fourth-order valence-electron chi connectivity index (χ4n) is 2.93. The van der Waals surface area contributed by atoms with E-state index in [-0.39, 0.29) is 22.4 Å². The second kappa shape index (κ2) is 8.49. The lowest BCUT2D eigenvalue weighted by Crippen LogP contribution is -2.42. The molecule has 0 aromatic heterocycles. The molecule has 0 bridgehead atoms. The molecule has 1 heterocycles. The van der Waals surface area contributed by atoms with Gasteiger partial charge in [0.25, 0.3) is 5.91 Å². The summed E-state index contributed by atoms with van der Waals surface area (Å²) < 4.78 is 40.2. The highest BCUT2D eigenvalue weighted by molar-refractivity contribution is 7.89. The highest BCUT2D eigenvalue weighted by atomic mass is 32.2. The minimum Gasteiger partial charge on any atom is -0.273 e. The largest absolute Gasteiger partial charge is 0.273 e. The van der Waals surface area contributed by atoms with Gasteiger partial charge in [-0.15, -0.1) is 0 Å². The Morgan fingerprint density at radius 1 is 1.00 bits per heavy atom. The highest BCUT2D eigenvalue weighted by Gasteiger charge is 2.27. The molecule has 0 spiro atoms. The summed E-state index contributed by atoms with van der Waals surface area (Å²) in [4.78, 5) is 24.2. The Morgan fingerprint density at radius 3 is 2.43 bits per heavy atom. The standard InChI is InChI=1S/C19H20FN3O4S/c20-17-9-2-1-6-14(17)13-18(24)21-22-19(25)15-7-5-8-16(12-15)28(26,27)23-10-3-4-11-23/h1-2,5-9,12H,3-4,10-11,13H2,(H,21,24)(H,22,25). The lowest BCUT2D eigenvalue weighted by atomic mass is 10.1. The minimum atomic E-state index is -3.65. The maximum Gasteiger partial charge on any atom is 0.269 e. The van der Waals surface area contributed by atoms with Crippen LogP contribution in [0.1, 0.15) is 28.8 Å². The van der Waals surface area contributed by atoms with E-state index in [0.29, 0.717) is 13.1 Å². The van der Waals surface area contributed by atoms with Gasteiger partial charge in [0.05, 0.1) is 11.3 Å². The highest BCUT2D eigenvalue weighted by Crippen LogP contribution is 2.21. The molecule has 0 atom stereocenters. The van der Waals surface area contributed by atoms with Gasteiger partial charge in [-0.2, -0.15) is 4.31 Å². The van der Waals surface area contributed by atoms with Gasteiger partial charge in [-0.3, -0.25) is 20.4 Å². The summed E-state index contributed by atoms with van der Waals surface area (Å²) in [6.07, 6.45) is 1.39. The summed E-state index contributed by atoms with van der Waals surface area (Å²) in [5.74, 6) is -1.77. The van der Waals surface area contributed by atoms with Crippen LogP contribution >= 0.6 is 0 Å². The summed E-state index contributed by atoms with van der Waals surface area (Å²) in [7, 11) is -3.65. The van der Waals surface area contributed by atoms with E-state index in [4.69, 9.17) is 0 Å². The van der Waals surface area contributed by atoms with Crippen molar-refractivity contribution < 1.29 is 22.4 Å². The number of nitrogens with zero attached hydrogens (tertiary/aromatic N) is 1. The summed E-state index contributed by atoms with van der Waals surface area (Å²) in [6.45, 7) is 0.926. The molecule has 0 unspecified atom stereocenters. The van der Waals surface area contributed by atoms with E-state index in [2.05, 4.69) is 10.9 Å². The van der Waals surface area contributed by atoms with E-state index in [1.165, 1.54) is 46.8 Å². The van der Waals surface area contributed by atoms with Gasteiger partial charge in [0.2, 0.25) is 15.9 Å². The van der Waals surface area contributed by atoms with E-state index >= 15 is 0 Å². The van der Waals surface area contributed by atoms with Crippen molar-refractivity contribution in [3.05, 3.63) is 65.5 Å². The fourth-order valence-corrected chi connectivity index (χ4v) is 4.50. The number of halogens is 1. The van der Waals surface area contributed by atoms with Crippen LogP contribution in [0.15, 0.2) is 53.4 Å². The molecule has 1 aliphatic rings. The van der Waals surface area contributed by atoms with Gasteiger partial charge in [0, 0.05) is 18.7 Å². The smallest absolute Gasteiger partial charge is 0.269 e. The van der Waals surface area contributed by atoms with Gasteiger partial charge in [0.1, 0.15) is 5.82 Å². The number of hydrogen-bond acceptors (Lipinski definition) is 4. The zero-order valence-electron chi connectivity index (χ0n) is 15.0. The monoisotopic (exact) mass is 405 g/mol. The number of hydrazine groups is 1. The predicted molar refractivity (Wildman–Crippen MR) is 100 cm³/mol. The Hall–Kier alpha value is -2.78. The van der Waals surface area contributed by atoms with Gasteiger partial charge >= 0.3 is 0 Å². The SMILES string of the molecule is O=C(Cc1ccccc1F)NNC(=O)c1cccc(S(=O)(=O)N2CCCC2)c1. The third-order valence-electron chi connectivity index (χ3n) is 4.42. The van der Waals surface area contributed by atoms with Crippen molar-refractivity contribution in [2.24, 2.45) is 0 Å². The second-order valence-electron chi connectivity index (χ2n) is 6.41. The van der Waals surface area contributed by atoms with Gasteiger partial charge in [0.15, 0.2) is 0 Å². The predicted octanol–water partition coefficient (Wildman–Crippen LogP) is 1.61. The number of sulfonamides is 1. The molecule has 3 rings (SSSR count). The summed E-state index contributed by atoms with van der Waals surface area (Å²) in [5.41, 5.74) is 4.71. The molecule has 1 saturated heterocycles. The molecule has 9 heteroatoms. The first kappa shape index (κ1) is 20.0. The molecule has 28 heavy (non-hydrogen) atoms. The molecule has 0 aliphatic carbocycles. The Kier molecular flexibility index (Phi) is 6.05. The van der Waals surface area contributed by atoms with Crippen LogP contribution in [0.4, 0.5) is 4.39 Å². The van der Waals surface area contributed by atoms with E-state index in [1.807, 2.05) is 0 Å². The first-order valence-electron chi connectivity index (χ1n) is 8.81. The van der Waals surface area contributed by atoms with E-state index in [1.54, 1.807) is 6.07 Å². The lowest BCUT2D eigenvalue weighted by Gasteiger charge is -2.16. The molecule has 2 aromatic rings. The van der Waals surface area contributed by atoms with Crippen LogP contribution in [0.3, 0.4) is 0 Å². The minimum absolute atomic E-state index is 0.0275. The van der Waals surface area contributed by atoms with Crippen molar-refractivity contribution in [2.45, 2.75) is 24.2 Å². The Bertz CT molecular complexity index is 988. The van der Waals surface area contributed by atoms with Crippen LogP contribution in [0.25, 0.3) is 0 Å². The van der Waals surface area contributed by atoms with Crippen molar-refractivity contribution >= 4 is 21.8 Å². The zero-order valence-corrected chi connectivity index (χ0v) is 15.8. The Balaban J connectivity index is 1.63. The molecule has 0 saturated carbocycles. The van der Waals surface area contributed by atoms with Gasteiger partial charge in [-0.05, 0) is 42.7 Å². The van der Waals surface area contributed by atoms with E-state index in [0.717, 1.165) is 12.8 Å². The topological polar surface area (TPSA) is 95.6 Å². The van der Waals surface area contributed by atoms with Gasteiger partial charge in [-0.1, -0.05) is 24.3 Å². The maximum atomic E-state index is 13.6. The lowest BCUT2D eigenvalue weighted by molar-refractivity contribution is -0.121. The Labute approximate surface area is 162 Å². The van der Waals surface area contributed by atoms with Gasteiger partial charge in [-0.25, -0.2) is 12.8 Å². The van der Waals surface area contributed by atoms with Crippen LogP contribution in [0.2, 0.25) is 0 Å². The number of rotatable bonds is 5. The number of hydrogen-bond donors (Lipinski definition) is 2. The van der Waals surface area contributed by atoms with Crippen LogP contribution < -0.4 is 10.9 Å². The van der Waals surface area contributed by atoms with Crippen molar-refractivity contribution in [1.82, 2.24) is 15.2 Å². The van der Waals surface area contributed by atoms with Crippen LogP contribution in [0, 0.1) is 5.82 Å². The van der Waals surface area contributed by atoms with Crippen molar-refractivity contribution in [1.29, 1.82) is 0 Å². The first-order chi connectivity index (χ1) is 13.4. The van der Waals surface area contributed by atoms with Crippen LogP contribution in [-0.2, 0) is 21.2 Å². The molecule has 2 aromatic carbocycles. The van der Waals surface area contributed by atoms with Crippen molar-refractivity contribution in [3.63, 3.8) is 0 Å². The molecule has 7 nitrogen and oxygen atoms in total. The van der Waals surface area contributed by atoms with Crippen molar-refractivity contribution in [3.8, 4) is 0 Å². The summed E-state index contributed by atoms with van der Waals surface area (Å²) >= 11 is 0. The molecular weight excluding hydrogens is 385 g/mol. The molecular formula is C19H20FN3O4S. The number of nitrogens with one attached hydrogen (secondary N) is 2. The van der Waals surface area contributed by atoms with Gasteiger partial charge < -0.3 is 0 Å². The Morgan fingerprint density at radius 2 is 1.71 bits per heavy atom. The number of benzene rings is 2. The second-order valence-corrected chi connectivity index (χ2v) is 8.35. The summed E-state index contributed by atoms with van der Waals surface area (Å²) in [6, 6.07) is 11.5. The van der Waals surface area contributed by atoms with E-state index in [9.17, 15) is 22.4 Å². The fraction of sp³-hybridized carbons (Fsp3) is 0.263. The van der Waals surface area contributed by atoms with Crippen molar-refractivity contribution in [2.75, 3.05) is 13.1 Å². The van der Waals surface area contributed by atoms with Crippen LogP contribution in [0.5, 0.6) is 0 Å². The average molecular weight is 405 g/mol. The molecule has 2 N–H and O–H groups in total. The molecule has 1 aliphatic heterocycles. The molecule has 2 amide bonds.